The SMILES string of the molecule is N#CC1(c2cncc(Cl)c2)C[C@H]2C=C[C@@H](C1)N2C=O. The summed E-state index contributed by atoms with van der Waals surface area (Å²) >= 11 is 5.97. The number of piperidine rings is 1. The third-order valence-electron chi connectivity index (χ3n) is 4.03. The molecule has 0 radical (unpaired) electrons. The molecule has 3 rings (SSSR count). The van der Waals surface area contributed by atoms with Gasteiger partial charge < -0.3 is 4.90 Å². The number of hydrogen-bond acceptors (Lipinski definition) is 3. The fourth-order valence-corrected chi connectivity index (χ4v) is 3.24. The highest BCUT2D eigenvalue weighted by Crippen LogP contribution is 2.43. The van der Waals surface area contributed by atoms with Crippen LogP contribution in [0.2, 0.25) is 5.02 Å². The zero-order valence-corrected chi connectivity index (χ0v) is 10.9. The van der Waals surface area contributed by atoms with E-state index in [1.54, 1.807) is 23.4 Å². The minimum atomic E-state index is -0.615. The summed E-state index contributed by atoms with van der Waals surface area (Å²) in [5, 5.41) is 10.2. The summed E-state index contributed by atoms with van der Waals surface area (Å²) in [4.78, 5) is 16.9. The van der Waals surface area contributed by atoms with Gasteiger partial charge in [-0.05, 0) is 24.5 Å². The Bertz CT molecular complexity index is 577. The molecule has 1 saturated heterocycles. The van der Waals surface area contributed by atoms with Gasteiger partial charge in [0.15, 0.2) is 0 Å². The smallest absolute Gasteiger partial charge is 0.210 e. The largest absolute Gasteiger partial charge is 0.332 e. The number of pyridine rings is 1. The molecule has 0 saturated carbocycles. The third-order valence-corrected chi connectivity index (χ3v) is 4.24. The molecule has 3 heterocycles. The number of amides is 1. The van der Waals surface area contributed by atoms with Crippen LogP contribution in [0.15, 0.2) is 30.6 Å². The quantitative estimate of drug-likeness (QED) is 0.612. The molecule has 0 aromatic carbocycles. The summed E-state index contributed by atoms with van der Waals surface area (Å²) in [5.41, 5.74) is 0.225. The van der Waals surface area contributed by atoms with Crippen molar-refractivity contribution >= 4 is 18.0 Å². The molecule has 1 aromatic rings. The number of nitrogens with zero attached hydrogens (tertiary/aromatic N) is 3. The van der Waals surface area contributed by atoms with Crippen LogP contribution in [0, 0.1) is 11.3 Å². The molecular formula is C14H12ClN3O. The molecule has 4 nitrogen and oxygen atoms in total. The lowest BCUT2D eigenvalue weighted by Crippen LogP contribution is -2.49. The molecule has 19 heavy (non-hydrogen) atoms. The van der Waals surface area contributed by atoms with E-state index in [0.29, 0.717) is 17.9 Å². The van der Waals surface area contributed by atoms with Gasteiger partial charge in [-0.25, -0.2) is 0 Å². The zero-order valence-electron chi connectivity index (χ0n) is 10.2. The van der Waals surface area contributed by atoms with Crippen molar-refractivity contribution in [3.8, 4) is 6.07 Å². The van der Waals surface area contributed by atoms with Gasteiger partial charge in [0.2, 0.25) is 6.41 Å². The van der Waals surface area contributed by atoms with Crippen LogP contribution >= 0.6 is 11.6 Å². The molecule has 3 atom stereocenters. The lowest BCUT2D eigenvalue weighted by atomic mass is 9.71. The first kappa shape index (κ1) is 12.2. The summed E-state index contributed by atoms with van der Waals surface area (Å²) < 4.78 is 0. The van der Waals surface area contributed by atoms with Gasteiger partial charge >= 0.3 is 0 Å². The monoisotopic (exact) mass is 273 g/mol. The van der Waals surface area contributed by atoms with Gasteiger partial charge in [0, 0.05) is 12.4 Å². The Morgan fingerprint density at radius 2 is 2.11 bits per heavy atom. The predicted octanol–water partition coefficient (Wildman–Crippen LogP) is 2.06. The Morgan fingerprint density at radius 1 is 1.42 bits per heavy atom. The summed E-state index contributed by atoms with van der Waals surface area (Å²) in [6.45, 7) is 0. The van der Waals surface area contributed by atoms with Crippen LogP contribution in [0.3, 0.4) is 0 Å². The molecule has 2 aliphatic rings. The van der Waals surface area contributed by atoms with E-state index in [4.69, 9.17) is 11.6 Å². The number of carbonyl (C=O) groups is 1. The van der Waals surface area contributed by atoms with Crippen LogP contribution in [-0.2, 0) is 10.2 Å². The molecule has 96 valence electrons. The van der Waals surface area contributed by atoms with E-state index in [0.717, 1.165) is 12.0 Å². The molecule has 1 fully saturated rings. The van der Waals surface area contributed by atoms with Crippen LogP contribution in [0.5, 0.6) is 0 Å². The van der Waals surface area contributed by atoms with Crippen molar-refractivity contribution in [2.24, 2.45) is 0 Å². The van der Waals surface area contributed by atoms with Crippen molar-refractivity contribution in [1.82, 2.24) is 9.88 Å². The van der Waals surface area contributed by atoms with Crippen LogP contribution < -0.4 is 0 Å². The molecule has 0 aliphatic carbocycles. The van der Waals surface area contributed by atoms with E-state index in [2.05, 4.69) is 11.1 Å². The molecule has 5 heteroatoms. The van der Waals surface area contributed by atoms with Crippen molar-refractivity contribution in [1.29, 1.82) is 5.26 Å². The number of halogens is 1. The van der Waals surface area contributed by atoms with Gasteiger partial charge in [-0.15, -0.1) is 0 Å². The van der Waals surface area contributed by atoms with Crippen LogP contribution in [0.1, 0.15) is 18.4 Å². The van der Waals surface area contributed by atoms with Crippen molar-refractivity contribution in [2.75, 3.05) is 0 Å². The minimum absolute atomic E-state index is 0.00474. The minimum Gasteiger partial charge on any atom is -0.332 e. The highest BCUT2D eigenvalue weighted by molar-refractivity contribution is 6.30. The van der Waals surface area contributed by atoms with Gasteiger partial charge in [-0.1, -0.05) is 23.8 Å². The Hall–Kier alpha value is -1.86. The lowest BCUT2D eigenvalue weighted by Gasteiger charge is -2.41. The maximum absolute atomic E-state index is 11.1. The Labute approximate surface area is 116 Å². The van der Waals surface area contributed by atoms with E-state index in [9.17, 15) is 10.1 Å². The van der Waals surface area contributed by atoms with Gasteiger partial charge in [0.05, 0.1) is 28.6 Å². The first-order valence-electron chi connectivity index (χ1n) is 6.12. The number of rotatable bonds is 2. The Morgan fingerprint density at radius 3 is 2.63 bits per heavy atom. The van der Waals surface area contributed by atoms with Gasteiger partial charge in [0.25, 0.3) is 0 Å². The molecule has 1 amide bonds. The number of hydrogen-bond donors (Lipinski definition) is 0. The predicted molar refractivity (Wildman–Crippen MR) is 70.4 cm³/mol. The number of carbonyl (C=O) groups excluding carboxylic acids is 1. The lowest BCUT2D eigenvalue weighted by molar-refractivity contribution is -0.122. The maximum atomic E-state index is 11.1. The van der Waals surface area contributed by atoms with Gasteiger partial charge in [-0.2, -0.15) is 5.26 Å². The fraction of sp³-hybridized carbons (Fsp3) is 0.357. The molecule has 2 bridgehead atoms. The highest BCUT2D eigenvalue weighted by Gasteiger charge is 2.47. The van der Waals surface area contributed by atoms with Crippen molar-refractivity contribution in [3.63, 3.8) is 0 Å². The van der Waals surface area contributed by atoms with E-state index in [-0.39, 0.29) is 12.1 Å². The van der Waals surface area contributed by atoms with Crippen molar-refractivity contribution < 1.29 is 4.79 Å². The number of nitriles is 1. The average Bonchev–Trinajstić information content (AvgIpc) is 2.68. The normalized spacial score (nSPS) is 32.1. The highest BCUT2D eigenvalue weighted by atomic mass is 35.5. The summed E-state index contributed by atoms with van der Waals surface area (Å²) in [7, 11) is 0. The first-order chi connectivity index (χ1) is 9.18. The van der Waals surface area contributed by atoms with Crippen LogP contribution in [-0.4, -0.2) is 28.4 Å². The molecular weight excluding hydrogens is 262 g/mol. The van der Waals surface area contributed by atoms with E-state index in [1.165, 1.54) is 0 Å². The van der Waals surface area contributed by atoms with Gasteiger partial charge in [0.1, 0.15) is 0 Å². The maximum Gasteiger partial charge on any atom is 0.210 e. The Balaban J connectivity index is 2.00. The molecule has 2 aliphatic heterocycles. The molecule has 1 aromatic heterocycles. The third kappa shape index (κ3) is 1.82. The van der Waals surface area contributed by atoms with E-state index >= 15 is 0 Å². The summed E-state index contributed by atoms with van der Waals surface area (Å²) in [6.07, 6.45) is 9.34. The molecule has 1 unspecified atom stereocenters. The average molecular weight is 274 g/mol. The van der Waals surface area contributed by atoms with Crippen LogP contribution in [0.25, 0.3) is 0 Å². The number of fused-ring (bicyclic) bond motifs is 2. The molecule has 0 N–H and O–H groups in total. The standard InChI is InChI=1S/C14H12ClN3O/c15-11-3-10(6-17-7-11)14(8-16)4-12-1-2-13(5-14)18(12)9-19/h1-3,6-7,9,12-13H,4-5H2/t12-,13+,14?. The summed E-state index contributed by atoms with van der Waals surface area (Å²) in [6, 6.07) is 4.22. The van der Waals surface area contributed by atoms with E-state index in [1.807, 2.05) is 12.2 Å². The Kier molecular flexibility index (Phi) is 2.79. The van der Waals surface area contributed by atoms with Gasteiger partial charge in [-0.3, -0.25) is 9.78 Å². The van der Waals surface area contributed by atoms with Crippen molar-refractivity contribution in [2.45, 2.75) is 30.3 Å². The topological polar surface area (TPSA) is 57.0 Å². The van der Waals surface area contributed by atoms with Crippen molar-refractivity contribution in [3.05, 3.63) is 41.2 Å². The van der Waals surface area contributed by atoms with Crippen LogP contribution in [0.4, 0.5) is 0 Å². The zero-order chi connectivity index (χ0) is 13.5. The second-order valence-corrected chi connectivity index (χ2v) is 5.50. The second-order valence-electron chi connectivity index (χ2n) is 5.07. The molecule has 0 spiro atoms. The second kappa shape index (κ2) is 4.36. The number of aromatic nitrogens is 1. The first-order valence-corrected chi connectivity index (χ1v) is 6.50. The fourth-order valence-electron chi connectivity index (χ4n) is 3.07. The summed E-state index contributed by atoms with van der Waals surface area (Å²) in [5.74, 6) is 0. The van der Waals surface area contributed by atoms with E-state index < -0.39 is 5.41 Å².